The van der Waals surface area contributed by atoms with Crippen LogP contribution in [0.1, 0.15) is 18.9 Å². The molecule has 1 aromatic carbocycles. The van der Waals surface area contributed by atoms with Crippen LogP contribution < -0.4 is 4.90 Å². The molecule has 0 bridgehead atoms. The minimum atomic E-state index is -0.277. The van der Waals surface area contributed by atoms with Crippen LogP contribution in [0.15, 0.2) is 24.3 Å². The second-order valence-electron chi connectivity index (χ2n) is 3.66. The van der Waals surface area contributed by atoms with Crippen molar-refractivity contribution in [3.63, 3.8) is 0 Å². The van der Waals surface area contributed by atoms with Crippen molar-refractivity contribution in [3.8, 4) is 6.07 Å². The Hall–Kier alpha value is -2.02. The minimum absolute atomic E-state index is 0.208. The van der Waals surface area contributed by atoms with Gasteiger partial charge in [-0.05, 0) is 24.6 Å². The molecular formula is C13H16N2O2. The lowest BCUT2D eigenvalue weighted by molar-refractivity contribution is -0.138. The Morgan fingerprint density at radius 1 is 1.53 bits per heavy atom. The van der Waals surface area contributed by atoms with Crippen molar-refractivity contribution in [2.75, 3.05) is 25.1 Å². The van der Waals surface area contributed by atoms with Gasteiger partial charge in [0.25, 0.3) is 0 Å². The molecule has 0 heterocycles. The van der Waals surface area contributed by atoms with E-state index in [9.17, 15) is 4.79 Å². The molecule has 0 spiro atoms. The average molecular weight is 232 g/mol. The summed E-state index contributed by atoms with van der Waals surface area (Å²) >= 11 is 0. The monoisotopic (exact) mass is 232 g/mol. The zero-order chi connectivity index (χ0) is 12.7. The van der Waals surface area contributed by atoms with Gasteiger partial charge in [-0.3, -0.25) is 4.79 Å². The molecule has 0 atom stereocenters. The van der Waals surface area contributed by atoms with E-state index in [1.807, 2.05) is 24.0 Å². The van der Waals surface area contributed by atoms with Gasteiger partial charge >= 0.3 is 5.97 Å². The van der Waals surface area contributed by atoms with Gasteiger partial charge in [-0.1, -0.05) is 13.0 Å². The Morgan fingerprint density at radius 2 is 2.29 bits per heavy atom. The van der Waals surface area contributed by atoms with Crippen molar-refractivity contribution >= 4 is 11.7 Å². The molecule has 1 aromatic rings. The van der Waals surface area contributed by atoms with Crippen LogP contribution in [0, 0.1) is 11.3 Å². The smallest absolute Gasteiger partial charge is 0.325 e. The first-order chi connectivity index (χ1) is 8.21. The Morgan fingerprint density at radius 3 is 2.88 bits per heavy atom. The van der Waals surface area contributed by atoms with Crippen molar-refractivity contribution in [2.45, 2.75) is 13.3 Å². The highest BCUT2D eigenvalue weighted by Crippen LogP contribution is 2.16. The molecule has 0 aromatic heterocycles. The summed E-state index contributed by atoms with van der Waals surface area (Å²) in [6.07, 6.45) is 0.924. The molecule has 0 fully saturated rings. The van der Waals surface area contributed by atoms with Gasteiger partial charge in [0.2, 0.25) is 0 Å². The van der Waals surface area contributed by atoms with E-state index in [4.69, 9.17) is 5.26 Å². The molecular weight excluding hydrogens is 216 g/mol. The van der Waals surface area contributed by atoms with E-state index < -0.39 is 0 Å². The second-order valence-corrected chi connectivity index (χ2v) is 3.66. The largest absolute Gasteiger partial charge is 0.468 e. The van der Waals surface area contributed by atoms with Gasteiger partial charge in [-0.15, -0.1) is 0 Å². The van der Waals surface area contributed by atoms with Gasteiger partial charge in [-0.2, -0.15) is 5.26 Å². The van der Waals surface area contributed by atoms with Crippen LogP contribution in [0.3, 0.4) is 0 Å². The number of benzene rings is 1. The average Bonchev–Trinajstić information content (AvgIpc) is 2.38. The van der Waals surface area contributed by atoms with Crippen LogP contribution in [0.2, 0.25) is 0 Å². The van der Waals surface area contributed by atoms with Gasteiger partial charge in [0.1, 0.15) is 6.54 Å². The van der Waals surface area contributed by atoms with Crippen molar-refractivity contribution in [1.82, 2.24) is 0 Å². The van der Waals surface area contributed by atoms with Crippen molar-refractivity contribution < 1.29 is 9.53 Å². The highest BCUT2D eigenvalue weighted by Gasteiger charge is 2.11. The van der Waals surface area contributed by atoms with E-state index in [0.717, 1.165) is 18.7 Å². The molecule has 0 N–H and O–H groups in total. The molecule has 0 unspecified atom stereocenters. The quantitative estimate of drug-likeness (QED) is 0.728. The van der Waals surface area contributed by atoms with Gasteiger partial charge in [0.05, 0.1) is 18.7 Å². The number of methoxy groups -OCH3 is 1. The van der Waals surface area contributed by atoms with Gasteiger partial charge in [-0.25, -0.2) is 0 Å². The summed E-state index contributed by atoms with van der Waals surface area (Å²) in [5.74, 6) is -0.277. The number of nitriles is 1. The van der Waals surface area contributed by atoms with E-state index in [1.54, 1.807) is 12.1 Å². The first-order valence-corrected chi connectivity index (χ1v) is 5.53. The van der Waals surface area contributed by atoms with Crippen molar-refractivity contribution in [1.29, 1.82) is 5.26 Å². The summed E-state index contributed by atoms with van der Waals surface area (Å²) in [5, 5.41) is 8.84. The molecule has 0 aliphatic heterocycles. The third-order valence-corrected chi connectivity index (χ3v) is 2.38. The first-order valence-electron chi connectivity index (χ1n) is 5.53. The normalized spacial score (nSPS) is 9.47. The predicted octanol–water partition coefficient (Wildman–Crippen LogP) is 1.95. The van der Waals surface area contributed by atoms with Crippen LogP contribution >= 0.6 is 0 Å². The predicted molar refractivity (Wildman–Crippen MR) is 65.7 cm³/mol. The van der Waals surface area contributed by atoms with E-state index >= 15 is 0 Å². The molecule has 0 saturated heterocycles. The third-order valence-electron chi connectivity index (χ3n) is 2.38. The number of rotatable bonds is 5. The van der Waals surface area contributed by atoms with Gasteiger partial charge in [0.15, 0.2) is 0 Å². The summed E-state index contributed by atoms with van der Waals surface area (Å²) in [7, 11) is 1.37. The van der Waals surface area contributed by atoms with Crippen LogP contribution in [-0.2, 0) is 9.53 Å². The topological polar surface area (TPSA) is 53.3 Å². The highest BCUT2D eigenvalue weighted by atomic mass is 16.5. The molecule has 0 aliphatic carbocycles. The van der Waals surface area contributed by atoms with Gasteiger partial charge in [0, 0.05) is 12.2 Å². The maximum absolute atomic E-state index is 11.3. The maximum atomic E-state index is 11.3. The molecule has 1 rings (SSSR count). The Labute approximate surface area is 101 Å². The first kappa shape index (κ1) is 13.0. The summed E-state index contributed by atoms with van der Waals surface area (Å²) in [4.78, 5) is 13.2. The van der Waals surface area contributed by atoms with Gasteiger partial charge < -0.3 is 9.64 Å². The number of carbonyl (C=O) groups excluding carboxylic acids is 1. The van der Waals surface area contributed by atoms with E-state index in [-0.39, 0.29) is 12.5 Å². The third kappa shape index (κ3) is 3.80. The molecule has 0 radical (unpaired) electrons. The molecule has 17 heavy (non-hydrogen) atoms. The molecule has 0 saturated carbocycles. The summed E-state index contributed by atoms with van der Waals surface area (Å²) < 4.78 is 4.66. The van der Waals surface area contributed by atoms with E-state index in [2.05, 4.69) is 10.8 Å². The summed E-state index contributed by atoms with van der Waals surface area (Å²) in [6.45, 7) is 3.00. The number of anilines is 1. The molecule has 0 amide bonds. The molecule has 0 aliphatic rings. The Kier molecular flexibility index (Phi) is 5.02. The van der Waals surface area contributed by atoms with Crippen LogP contribution in [-0.4, -0.2) is 26.2 Å². The van der Waals surface area contributed by atoms with E-state index in [0.29, 0.717) is 5.56 Å². The summed E-state index contributed by atoms with van der Waals surface area (Å²) in [5.41, 5.74) is 1.46. The Bertz CT molecular complexity index is 424. The number of hydrogen-bond donors (Lipinski definition) is 0. The van der Waals surface area contributed by atoms with Crippen molar-refractivity contribution in [2.24, 2.45) is 0 Å². The lowest BCUT2D eigenvalue weighted by Crippen LogP contribution is -2.31. The SMILES string of the molecule is CCCN(CC(=O)OC)c1cccc(C#N)c1. The molecule has 4 nitrogen and oxygen atoms in total. The zero-order valence-electron chi connectivity index (χ0n) is 10.1. The van der Waals surface area contributed by atoms with Crippen molar-refractivity contribution in [3.05, 3.63) is 29.8 Å². The number of nitrogens with zero attached hydrogens (tertiary/aromatic N) is 2. The number of ether oxygens (including phenoxy) is 1. The standard InChI is InChI=1S/C13H16N2O2/c1-3-7-15(10-13(16)17-2)12-6-4-5-11(8-12)9-14/h4-6,8H,3,7,10H2,1-2H3. The van der Waals surface area contributed by atoms with Crippen LogP contribution in [0.25, 0.3) is 0 Å². The lowest BCUT2D eigenvalue weighted by atomic mass is 10.2. The molecule has 4 heteroatoms. The fourth-order valence-electron chi connectivity index (χ4n) is 1.56. The second kappa shape index (κ2) is 6.54. The van der Waals surface area contributed by atoms with Crippen LogP contribution in [0.4, 0.5) is 5.69 Å². The summed E-state index contributed by atoms with van der Waals surface area (Å²) in [6, 6.07) is 9.31. The highest BCUT2D eigenvalue weighted by molar-refractivity contribution is 5.75. The number of esters is 1. The zero-order valence-corrected chi connectivity index (χ0v) is 10.1. The Balaban J connectivity index is 2.88. The lowest BCUT2D eigenvalue weighted by Gasteiger charge is -2.22. The fraction of sp³-hybridized carbons (Fsp3) is 0.385. The fourth-order valence-corrected chi connectivity index (χ4v) is 1.56. The molecule has 90 valence electrons. The van der Waals surface area contributed by atoms with Crippen LogP contribution in [0.5, 0.6) is 0 Å². The maximum Gasteiger partial charge on any atom is 0.325 e. The minimum Gasteiger partial charge on any atom is -0.468 e. The van der Waals surface area contributed by atoms with E-state index in [1.165, 1.54) is 7.11 Å². The number of carbonyl (C=O) groups is 1. The number of hydrogen-bond acceptors (Lipinski definition) is 4.